The highest BCUT2D eigenvalue weighted by Gasteiger charge is 2.33. The summed E-state index contributed by atoms with van der Waals surface area (Å²) in [4.78, 5) is 0. The van der Waals surface area contributed by atoms with Crippen LogP contribution in [0.3, 0.4) is 0 Å². The predicted molar refractivity (Wildman–Crippen MR) is 81.2 cm³/mol. The third-order valence-electron chi connectivity index (χ3n) is 4.30. The normalized spacial score (nSPS) is 25.1. The Balaban J connectivity index is 2.54. The molecule has 1 saturated heterocycles. The summed E-state index contributed by atoms with van der Waals surface area (Å²) in [5.41, 5.74) is 0. The van der Waals surface area contributed by atoms with E-state index in [1.165, 1.54) is 0 Å². The van der Waals surface area contributed by atoms with Gasteiger partial charge in [0.1, 0.15) is 6.10 Å². The van der Waals surface area contributed by atoms with Crippen LogP contribution in [0.25, 0.3) is 0 Å². The van der Waals surface area contributed by atoms with Gasteiger partial charge in [-0.25, -0.2) is 0 Å². The van der Waals surface area contributed by atoms with E-state index in [-0.39, 0.29) is 43.4 Å². The smallest absolute Gasteiger partial charge is 0.104 e. The van der Waals surface area contributed by atoms with Crippen molar-refractivity contribution in [2.75, 3.05) is 33.0 Å². The molecule has 1 fully saturated rings. The van der Waals surface area contributed by atoms with Crippen LogP contribution in [0.4, 0.5) is 0 Å². The number of ether oxygens (including phenoxy) is 3. The lowest BCUT2D eigenvalue weighted by Gasteiger charge is -2.34. The first-order valence-corrected chi connectivity index (χ1v) is 8.09. The van der Waals surface area contributed by atoms with Crippen LogP contribution in [0, 0.1) is 17.8 Å². The Bertz CT molecular complexity index is 269. The van der Waals surface area contributed by atoms with Crippen molar-refractivity contribution < 1.29 is 24.4 Å². The average molecular weight is 304 g/mol. The molecule has 21 heavy (non-hydrogen) atoms. The Morgan fingerprint density at radius 1 is 1.14 bits per heavy atom. The SMILES string of the molecule is CCC(C)COC(C(C)CO)C(C)C(CO)OCC1CO1. The number of rotatable bonds is 12. The van der Waals surface area contributed by atoms with E-state index < -0.39 is 0 Å². The summed E-state index contributed by atoms with van der Waals surface area (Å²) >= 11 is 0. The lowest BCUT2D eigenvalue weighted by atomic mass is 9.89. The third kappa shape index (κ3) is 6.61. The summed E-state index contributed by atoms with van der Waals surface area (Å²) < 4.78 is 16.9. The maximum atomic E-state index is 9.57. The van der Waals surface area contributed by atoms with Gasteiger partial charge >= 0.3 is 0 Å². The monoisotopic (exact) mass is 304 g/mol. The molecule has 0 bridgehead atoms. The second-order valence-corrected chi connectivity index (χ2v) is 6.34. The van der Waals surface area contributed by atoms with Crippen molar-refractivity contribution in [3.8, 4) is 0 Å². The predicted octanol–water partition coefficient (Wildman–Crippen LogP) is 1.46. The van der Waals surface area contributed by atoms with Crippen molar-refractivity contribution in [2.45, 2.75) is 52.4 Å². The maximum absolute atomic E-state index is 9.57. The van der Waals surface area contributed by atoms with E-state index in [1.54, 1.807) is 0 Å². The molecule has 2 N–H and O–H groups in total. The fraction of sp³-hybridized carbons (Fsp3) is 1.00. The Hall–Kier alpha value is -0.200. The molecule has 0 aromatic heterocycles. The topological polar surface area (TPSA) is 71.5 Å². The zero-order chi connectivity index (χ0) is 15.8. The van der Waals surface area contributed by atoms with Crippen LogP contribution in [-0.2, 0) is 14.2 Å². The first-order chi connectivity index (χ1) is 10.0. The highest BCUT2D eigenvalue weighted by atomic mass is 16.6. The van der Waals surface area contributed by atoms with Crippen LogP contribution in [0.15, 0.2) is 0 Å². The van der Waals surface area contributed by atoms with Crippen LogP contribution in [0.1, 0.15) is 34.1 Å². The highest BCUT2D eigenvalue weighted by Crippen LogP contribution is 2.24. The molecule has 0 aromatic rings. The van der Waals surface area contributed by atoms with E-state index in [4.69, 9.17) is 14.2 Å². The second-order valence-electron chi connectivity index (χ2n) is 6.34. The second kappa shape index (κ2) is 9.74. The molecular weight excluding hydrogens is 272 g/mol. The molecule has 0 radical (unpaired) electrons. The minimum Gasteiger partial charge on any atom is -0.396 e. The van der Waals surface area contributed by atoms with E-state index in [9.17, 15) is 10.2 Å². The van der Waals surface area contributed by atoms with Gasteiger partial charge < -0.3 is 24.4 Å². The van der Waals surface area contributed by atoms with Gasteiger partial charge in [-0.05, 0) is 5.92 Å². The number of hydrogen-bond acceptors (Lipinski definition) is 5. The molecular formula is C16H32O5. The molecule has 1 aliphatic heterocycles. The Morgan fingerprint density at radius 2 is 1.81 bits per heavy atom. The molecule has 0 amide bonds. The van der Waals surface area contributed by atoms with Crippen molar-refractivity contribution in [3.05, 3.63) is 0 Å². The van der Waals surface area contributed by atoms with E-state index in [2.05, 4.69) is 13.8 Å². The number of aliphatic hydroxyl groups is 2. The largest absolute Gasteiger partial charge is 0.396 e. The van der Waals surface area contributed by atoms with E-state index in [0.717, 1.165) is 13.0 Å². The average Bonchev–Trinajstić information content (AvgIpc) is 3.31. The standard InChI is InChI=1S/C16H32O5/c1-5-11(2)8-21-16(12(3)6-17)13(4)15(7-18)20-10-14-9-19-14/h11-18H,5-10H2,1-4H3. The Labute approximate surface area is 128 Å². The van der Waals surface area contributed by atoms with Crippen LogP contribution in [0.2, 0.25) is 0 Å². The molecule has 1 rings (SSSR count). The Morgan fingerprint density at radius 3 is 2.29 bits per heavy atom. The first-order valence-electron chi connectivity index (χ1n) is 8.09. The first kappa shape index (κ1) is 18.8. The minimum absolute atomic E-state index is 0.0129. The maximum Gasteiger partial charge on any atom is 0.104 e. The van der Waals surface area contributed by atoms with Gasteiger partial charge in [0.05, 0.1) is 32.0 Å². The van der Waals surface area contributed by atoms with Gasteiger partial charge in [-0.3, -0.25) is 0 Å². The molecule has 126 valence electrons. The van der Waals surface area contributed by atoms with Crippen LogP contribution >= 0.6 is 0 Å². The van der Waals surface area contributed by atoms with Gasteiger partial charge in [0, 0.05) is 25.0 Å². The molecule has 0 aromatic carbocycles. The molecule has 6 atom stereocenters. The summed E-state index contributed by atoms with van der Waals surface area (Å²) in [7, 11) is 0. The van der Waals surface area contributed by atoms with Crippen molar-refractivity contribution in [1.29, 1.82) is 0 Å². The van der Waals surface area contributed by atoms with Crippen molar-refractivity contribution in [3.63, 3.8) is 0 Å². The summed E-state index contributed by atoms with van der Waals surface area (Å²) in [6.07, 6.45) is 0.834. The minimum atomic E-state index is -0.287. The quantitative estimate of drug-likeness (QED) is 0.534. The van der Waals surface area contributed by atoms with Crippen LogP contribution in [0.5, 0.6) is 0 Å². The van der Waals surface area contributed by atoms with Crippen molar-refractivity contribution in [2.24, 2.45) is 17.8 Å². The van der Waals surface area contributed by atoms with Crippen molar-refractivity contribution in [1.82, 2.24) is 0 Å². The molecule has 1 heterocycles. The fourth-order valence-corrected chi connectivity index (χ4v) is 2.31. The third-order valence-corrected chi connectivity index (χ3v) is 4.30. The summed E-state index contributed by atoms with van der Waals surface area (Å²) in [6, 6.07) is 0. The number of hydrogen-bond donors (Lipinski definition) is 2. The molecule has 1 aliphatic rings. The summed E-state index contributed by atoms with van der Waals surface area (Å²) in [5, 5.41) is 19.0. The summed E-state index contributed by atoms with van der Waals surface area (Å²) in [5.74, 6) is 0.512. The number of aliphatic hydroxyl groups excluding tert-OH is 2. The van der Waals surface area contributed by atoms with E-state index in [0.29, 0.717) is 19.1 Å². The van der Waals surface area contributed by atoms with Gasteiger partial charge in [-0.1, -0.05) is 34.1 Å². The number of epoxide rings is 1. The van der Waals surface area contributed by atoms with Gasteiger partial charge in [0.25, 0.3) is 0 Å². The molecule has 0 aliphatic carbocycles. The van der Waals surface area contributed by atoms with E-state index >= 15 is 0 Å². The molecule has 0 spiro atoms. The zero-order valence-electron chi connectivity index (χ0n) is 13.8. The molecule has 0 saturated carbocycles. The lowest BCUT2D eigenvalue weighted by molar-refractivity contribution is -0.106. The van der Waals surface area contributed by atoms with E-state index in [1.807, 2.05) is 13.8 Å². The summed E-state index contributed by atoms with van der Waals surface area (Å²) in [6.45, 7) is 10.2. The lowest BCUT2D eigenvalue weighted by Crippen LogP contribution is -2.41. The zero-order valence-corrected chi connectivity index (χ0v) is 13.8. The fourth-order valence-electron chi connectivity index (χ4n) is 2.31. The molecule has 6 unspecified atom stereocenters. The molecule has 5 heteroatoms. The molecule has 5 nitrogen and oxygen atoms in total. The van der Waals surface area contributed by atoms with Gasteiger partial charge in [0.15, 0.2) is 0 Å². The van der Waals surface area contributed by atoms with Crippen molar-refractivity contribution >= 4 is 0 Å². The van der Waals surface area contributed by atoms with Gasteiger partial charge in [-0.2, -0.15) is 0 Å². The van der Waals surface area contributed by atoms with Gasteiger partial charge in [-0.15, -0.1) is 0 Å². The highest BCUT2D eigenvalue weighted by molar-refractivity contribution is 4.80. The van der Waals surface area contributed by atoms with Crippen LogP contribution < -0.4 is 0 Å². The van der Waals surface area contributed by atoms with Gasteiger partial charge in [0.2, 0.25) is 0 Å². The Kier molecular flexibility index (Phi) is 8.74. The van der Waals surface area contributed by atoms with Crippen LogP contribution in [-0.4, -0.2) is 61.6 Å².